The number of thioether (sulfide) groups is 1. The number of rotatable bonds is 5. The molecule has 2 aromatic heterocycles. The number of nitrogens with zero attached hydrogens (tertiary/aromatic N) is 3. The molecule has 0 amide bonds. The number of hydrogen-bond acceptors (Lipinski definition) is 6. The van der Waals surface area contributed by atoms with Crippen LogP contribution in [-0.4, -0.2) is 30.8 Å². The number of nitrogens with one attached hydrogen (secondary N) is 1. The molecule has 25 heavy (non-hydrogen) atoms. The fourth-order valence-electron chi connectivity index (χ4n) is 2.36. The van der Waals surface area contributed by atoms with Gasteiger partial charge in [0.1, 0.15) is 0 Å². The van der Waals surface area contributed by atoms with E-state index in [9.17, 15) is 19.5 Å². The van der Waals surface area contributed by atoms with Crippen LogP contribution in [0.2, 0.25) is 0 Å². The van der Waals surface area contributed by atoms with Gasteiger partial charge in [-0.15, -0.1) is 0 Å². The average molecular weight is 368 g/mol. The largest absolute Gasteiger partial charge is 1.00 e. The Kier molecular flexibility index (Phi) is 6.28. The van der Waals surface area contributed by atoms with E-state index >= 15 is 0 Å². The molecule has 1 N–H and O–H groups in total. The minimum atomic E-state index is -1.24. The van der Waals surface area contributed by atoms with E-state index in [-0.39, 0.29) is 46.5 Å². The fourth-order valence-corrected chi connectivity index (χ4v) is 3.07. The summed E-state index contributed by atoms with van der Waals surface area (Å²) in [6.45, 7) is 0.327. The van der Waals surface area contributed by atoms with Gasteiger partial charge in [0.25, 0.3) is 5.56 Å². The summed E-state index contributed by atoms with van der Waals surface area (Å²) in [5.74, 6) is -1.54. The van der Waals surface area contributed by atoms with Gasteiger partial charge in [0.15, 0.2) is 16.3 Å². The molecule has 3 aromatic rings. The number of H-pyrrole nitrogens is 1. The van der Waals surface area contributed by atoms with Crippen molar-refractivity contribution in [3.8, 4) is 0 Å². The van der Waals surface area contributed by atoms with Crippen LogP contribution in [0.3, 0.4) is 0 Å². The predicted molar refractivity (Wildman–Crippen MR) is 86.9 cm³/mol. The van der Waals surface area contributed by atoms with Gasteiger partial charge in [-0.25, -0.2) is 9.78 Å². The summed E-state index contributed by atoms with van der Waals surface area (Å²) < 4.78 is 2.83. The van der Waals surface area contributed by atoms with Gasteiger partial charge in [-0.1, -0.05) is 42.1 Å². The van der Waals surface area contributed by atoms with Gasteiger partial charge in [-0.05, 0) is 5.56 Å². The topological polar surface area (TPSA) is 113 Å². The number of aromatic amines is 1. The Bertz CT molecular complexity index is 1030. The van der Waals surface area contributed by atoms with E-state index in [4.69, 9.17) is 0 Å². The fraction of sp³-hybridized carbons (Fsp3) is 0.200. The summed E-state index contributed by atoms with van der Waals surface area (Å²) in [5.41, 5.74) is 0.216. The van der Waals surface area contributed by atoms with Gasteiger partial charge in [0, 0.05) is 12.8 Å². The zero-order valence-electron chi connectivity index (χ0n) is 13.7. The van der Waals surface area contributed by atoms with Crippen LogP contribution >= 0.6 is 11.8 Å². The van der Waals surface area contributed by atoms with Crippen LogP contribution in [0.15, 0.2) is 45.1 Å². The smallest absolute Gasteiger partial charge is 0.549 e. The minimum absolute atomic E-state index is 0. The van der Waals surface area contributed by atoms with Crippen LogP contribution in [0.25, 0.3) is 11.2 Å². The van der Waals surface area contributed by atoms with Gasteiger partial charge in [0.2, 0.25) is 0 Å². The van der Waals surface area contributed by atoms with Crippen molar-refractivity contribution < 1.29 is 39.5 Å². The molecule has 10 heteroatoms. The predicted octanol–water partition coefficient (Wildman–Crippen LogP) is -3.68. The van der Waals surface area contributed by atoms with Crippen molar-refractivity contribution in [2.24, 2.45) is 7.05 Å². The third-order valence-electron chi connectivity index (χ3n) is 3.47. The van der Waals surface area contributed by atoms with Crippen LogP contribution in [0, 0.1) is 0 Å². The molecule has 0 aliphatic rings. The number of benzene rings is 1. The molecule has 0 fully saturated rings. The summed E-state index contributed by atoms with van der Waals surface area (Å²) in [5, 5.41) is 11.1. The van der Waals surface area contributed by atoms with Gasteiger partial charge < -0.3 is 14.5 Å². The molecule has 8 nitrogen and oxygen atoms in total. The Labute approximate surface area is 168 Å². The number of carbonyl (C=O) groups excluding carboxylic acids is 1. The SMILES string of the molecule is Cn1c(=O)[nH]c(=O)c2c1nc(SCC(=O)[O-])n2Cc1ccccc1.[Na+]. The van der Waals surface area contributed by atoms with Crippen molar-refractivity contribution in [2.45, 2.75) is 11.7 Å². The number of carbonyl (C=O) groups is 1. The molecule has 0 unspecified atom stereocenters. The second-order valence-electron chi connectivity index (χ2n) is 5.12. The molecule has 124 valence electrons. The first-order valence-electron chi connectivity index (χ1n) is 7.03. The Morgan fingerprint density at radius 3 is 2.60 bits per heavy atom. The molecule has 0 bridgehead atoms. The average Bonchev–Trinajstić information content (AvgIpc) is 2.91. The summed E-state index contributed by atoms with van der Waals surface area (Å²) in [4.78, 5) is 41.3. The Balaban J connectivity index is 0.00000225. The second kappa shape index (κ2) is 8.05. The van der Waals surface area contributed by atoms with E-state index in [1.165, 1.54) is 11.6 Å². The molecular weight excluding hydrogens is 355 g/mol. The molecule has 2 heterocycles. The van der Waals surface area contributed by atoms with Gasteiger partial charge in [-0.2, -0.15) is 0 Å². The van der Waals surface area contributed by atoms with Crippen LogP contribution in [0.4, 0.5) is 0 Å². The zero-order valence-corrected chi connectivity index (χ0v) is 16.5. The molecule has 0 saturated heterocycles. The first-order valence-corrected chi connectivity index (χ1v) is 8.02. The number of imidazole rings is 1. The molecule has 0 spiro atoms. The Morgan fingerprint density at radius 2 is 1.96 bits per heavy atom. The zero-order chi connectivity index (χ0) is 17.3. The Morgan fingerprint density at radius 1 is 1.28 bits per heavy atom. The number of aromatic nitrogens is 4. The summed E-state index contributed by atoms with van der Waals surface area (Å²) in [6.07, 6.45) is 0. The summed E-state index contributed by atoms with van der Waals surface area (Å²) in [7, 11) is 1.49. The molecule has 0 radical (unpaired) electrons. The molecule has 0 aliphatic heterocycles. The van der Waals surface area contributed by atoms with Gasteiger partial charge in [0.05, 0.1) is 12.5 Å². The van der Waals surface area contributed by atoms with E-state index in [1.54, 1.807) is 4.57 Å². The van der Waals surface area contributed by atoms with E-state index in [0.717, 1.165) is 17.3 Å². The molecule has 0 saturated carbocycles. The third-order valence-corrected chi connectivity index (χ3v) is 4.42. The quantitative estimate of drug-likeness (QED) is 0.367. The van der Waals surface area contributed by atoms with Crippen LogP contribution in [0.1, 0.15) is 5.56 Å². The van der Waals surface area contributed by atoms with Crippen LogP contribution in [0.5, 0.6) is 0 Å². The van der Waals surface area contributed by atoms with Gasteiger partial charge in [-0.3, -0.25) is 14.3 Å². The number of carboxylic acid groups (broad SMARTS) is 1. The van der Waals surface area contributed by atoms with Crippen LogP contribution in [-0.2, 0) is 18.4 Å². The normalized spacial score (nSPS) is 10.6. The number of carboxylic acids is 1. The van der Waals surface area contributed by atoms with Crippen LogP contribution < -0.4 is 45.9 Å². The number of hydrogen-bond donors (Lipinski definition) is 1. The Hall–Kier alpha value is -1.81. The summed E-state index contributed by atoms with van der Waals surface area (Å²) in [6, 6.07) is 9.37. The maximum atomic E-state index is 12.2. The van der Waals surface area contributed by atoms with Crippen molar-refractivity contribution in [1.82, 2.24) is 19.1 Å². The third kappa shape index (κ3) is 4.06. The maximum Gasteiger partial charge on any atom is 1.00 e. The van der Waals surface area contributed by atoms with E-state index < -0.39 is 17.2 Å². The first kappa shape index (κ1) is 19.5. The minimum Gasteiger partial charge on any atom is -0.549 e. The van der Waals surface area contributed by atoms with Crippen molar-refractivity contribution in [2.75, 3.05) is 5.75 Å². The number of aliphatic carboxylic acids is 1. The molecule has 1 aromatic carbocycles. The standard InChI is InChI=1S/C15H14N4O4S.Na/c1-18-12-11(13(22)17-14(18)23)19(7-9-5-3-2-4-6-9)15(16-12)24-8-10(20)21;/h2-6H,7-8H2,1H3,(H,20,21)(H,17,22,23);/q;+1/p-1. The second-order valence-corrected chi connectivity index (χ2v) is 6.06. The van der Waals surface area contributed by atoms with E-state index in [2.05, 4.69) is 9.97 Å². The van der Waals surface area contributed by atoms with E-state index in [0.29, 0.717) is 11.7 Å². The van der Waals surface area contributed by atoms with E-state index in [1.807, 2.05) is 30.3 Å². The first-order chi connectivity index (χ1) is 11.5. The molecule has 3 rings (SSSR count). The molecule has 0 atom stereocenters. The van der Waals surface area contributed by atoms with Gasteiger partial charge >= 0.3 is 35.2 Å². The number of aryl methyl sites for hydroxylation is 1. The molecular formula is C15H13N4NaO4S. The van der Waals surface area contributed by atoms with Crippen molar-refractivity contribution in [3.05, 3.63) is 56.7 Å². The van der Waals surface area contributed by atoms with Crippen molar-refractivity contribution in [3.63, 3.8) is 0 Å². The monoisotopic (exact) mass is 368 g/mol. The van der Waals surface area contributed by atoms with Crippen molar-refractivity contribution >= 4 is 28.9 Å². The summed E-state index contributed by atoms with van der Waals surface area (Å²) >= 11 is 0.945. The number of fused-ring (bicyclic) bond motifs is 1. The van der Waals surface area contributed by atoms with Crippen molar-refractivity contribution in [1.29, 1.82) is 0 Å². The molecule has 0 aliphatic carbocycles. The maximum absolute atomic E-state index is 12.2.